The SMILES string of the molecule is N#CC(C(N)=O)C1CCC(CCN2CC=C(c3cc(C(F)(F)F)cc(C(F)(F)F)c3)CC2)CC1. The van der Waals surface area contributed by atoms with Gasteiger partial charge in [0.05, 0.1) is 17.2 Å². The number of benzene rings is 1. The average Bonchev–Trinajstić information content (AvgIpc) is 2.77. The molecule has 1 aromatic carbocycles. The van der Waals surface area contributed by atoms with Gasteiger partial charge < -0.3 is 5.73 Å². The van der Waals surface area contributed by atoms with E-state index in [2.05, 4.69) is 4.90 Å². The Morgan fingerprint density at radius 1 is 1.06 bits per heavy atom. The Hall–Kier alpha value is -2.54. The first-order chi connectivity index (χ1) is 15.9. The van der Waals surface area contributed by atoms with E-state index >= 15 is 0 Å². The molecule has 1 aromatic rings. The highest BCUT2D eigenvalue weighted by atomic mass is 19.4. The van der Waals surface area contributed by atoms with Gasteiger partial charge in [0, 0.05) is 13.1 Å². The third-order valence-corrected chi connectivity index (χ3v) is 6.91. The molecule has 1 heterocycles. The molecule has 0 radical (unpaired) electrons. The molecule has 2 N–H and O–H groups in total. The molecule has 3 rings (SSSR count). The van der Waals surface area contributed by atoms with E-state index in [1.54, 1.807) is 6.08 Å². The lowest BCUT2D eigenvalue weighted by Gasteiger charge is -2.32. The minimum atomic E-state index is -4.86. The highest BCUT2D eigenvalue weighted by Crippen LogP contribution is 2.39. The van der Waals surface area contributed by atoms with Crippen LogP contribution in [-0.2, 0) is 17.1 Å². The molecule has 0 saturated heterocycles. The van der Waals surface area contributed by atoms with Crippen molar-refractivity contribution >= 4 is 11.5 Å². The van der Waals surface area contributed by atoms with Crippen LogP contribution in [0.3, 0.4) is 0 Å². The average molecular weight is 487 g/mol. The molecule has 1 unspecified atom stereocenters. The van der Waals surface area contributed by atoms with Gasteiger partial charge in [-0.3, -0.25) is 9.69 Å². The molecule has 0 bridgehead atoms. The summed E-state index contributed by atoms with van der Waals surface area (Å²) in [6.07, 6.45) is -3.40. The predicted molar refractivity (Wildman–Crippen MR) is 114 cm³/mol. The Morgan fingerprint density at radius 2 is 1.65 bits per heavy atom. The molecule has 186 valence electrons. The lowest BCUT2D eigenvalue weighted by Crippen LogP contribution is -2.33. The zero-order valence-electron chi connectivity index (χ0n) is 18.6. The maximum Gasteiger partial charge on any atom is 0.416 e. The van der Waals surface area contributed by atoms with E-state index in [9.17, 15) is 31.1 Å². The van der Waals surface area contributed by atoms with Gasteiger partial charge in [-0.15, -0.1) is 0 Å². The summed E-state index contributed by atoms with van der Waals surface area (Å²) in [5, 5.41) is 9.13. The van der Waals surface area contributed by atoms with Gasteiger partial charge in [0.15, 0.2) is 0 Å². The summed E-state index contributed by atoms with van der Waals surface area (Å²) in [6.45, 7) is 1.78. The van der Waals surface area contributed by atoms with Crippen LogP contribution in [0.15, 0.2) is 24.3 Å². The van der Waals surface area contributed by atoms with Gasteiger partial charge >= 0.3 is 12.4 Å². The van der Waals surface area contributed by atoms with E-state index in [1.165, 1.54) is 0 Å². The molecule has 1 aliphatic carbocycles. The maximum absolute atomic E-state index is 13.1. The van der Waals surface area contributed by atoms with E-state index in [4.69, 9.17) is 11.0 Å². The quantitative estimate of drug-likeness (QED) is 0.529. The lowest BCUT2D eigenvalue weighted by atomic mass is 9.75. The topological polar surface area (TPSA) is 70.1 Å². The number of hydrogen-bond donors (Lipinski definition) is 1. The molecule has 1 saturated carbocycles. The van der Waals surface area contributed by atoms with E-state index in [0.29, 0.717) is 31.0 Å². The second-order valence-corrected chi connectivity index (χ2v) is 9.15. The van der Waals surface area contributed by atoms with Crippen molar-refractivity contribution in [2.75, 3.05) is 19.6 Å². The van der Waals surface area contributed by atoms with E-state index in [-0.39, 0.29) is 17.5 Å². The van der Waals surface area contributed by atoms with Gasteiger partial charge in [0.2, 0.25) is 5.91 Å². The summed E-state index contributed by atoms with van der Waals surface area (Å²) in [4.78, 5) is 13.5. The summed E-state index contributed by atoms with van der Waals surface area (Å²) in [5.74, 6) is -0.884. The molecule has 0 spiro atoms. The Bertz CT molecular complexity index is 923. The van der Waals surface area contributed by atoms with Gasteiger partial charge in [-0.25, -0.2) is 0 Å². The van der Waals surface area contributed by atoms with Gasteiger partial charge in [-0.1, -0.05) is 18.9 Å². The first kappa shape index (κ1) is 26.1. The minimum absolute atomic E-state index is 0.00622. The van der Waals surface area contributed by atoms with Crippen molar-refractivity contribution in [1.82, 2.24) is 4.90 Å². The fourth-order valence-electron chi connectivity index (χ4n) is 4.89. The van der Waals surface area contributed by atoms with Crippen LogP contribution in [0.1, 0.15) is 55.2 Å². The number of carbonyl (C=O) groups is 1. The van der Waals surface area contributed by atoms with Crippen LogP contribution in [0.25, 0.3) is 5.57 Å². The Labute approximate surface area is 194 Å². The highest BCUT2D eigenvalue weighted by Gasteiger charge is 2.37. The Morgan fingerprint density at radius 3 is 2.09 bits per heavy atom. The number of nitrogens with zero attached hydrogens (tertiary/aromatic N) is 2. The number of nitrogens with two attached hydrogens (primary N) is 1. The summed E-state index contributed by atoms with van der Waals surface area (Å²) in [7, 11) is 0. The molecule has 1 atom stereocenters. The number of halogens is 6. The van der Waals surface area contributed by atoms with Crippen LogP contribution in [0.4, 0.5) is 26.3 Å². The maximum atomic E-state index is 13.1. The molecule has 1 fully saturated rings. The molecule has 1 aliphatic heterocycles. The minimum Gasteiger partial charge on any atom is -0.369 e. The first-order valence-corrected chi connectivity index (χ1v) is 11.3. The summed E-state index contributed by atoms with van der Waals surface area (Å²) in [5.41, 5.74) is 3.14. The van der Waals surface area contributed by atoms with Crippen LogP contribution in [0.2, 0.25) is 0 Å². The van der Waals surface area contributed by atoms with E-state index in [1.807, 2.05) is 6.07 Å². The molecular formula is C24H27F6N3O. The number of primary amides is 1. The van der Waals surface area contributed by atoms with Crippen molar-refractivity contribution in [2.24, 2.45) is 23.5 Å². The third kappa shape index (κ3) is 6.53. The van der Waals surface area contributed by atoms with Crippen molar-refractivity contribution in [1.29, 1.82) is 5.26 Å². The summed E-state index contributed by atoms with van der Waals surface area (Å²) in [6, 6.07) is 3.72. The third-order valence-electron chi connectivity index (χ3n) is 6.91. The number of amides is 1. The molecule has 4 nitrogen and oxygen atoms in total. The van der Waals surface area contributed by atoms with Gasteiger partial charge in [0.25, 0.3) is 0 Å². The predicted octanol–water partition coefficient (Wildman–Crippen LogP) is 5.63. The molecular weight excluding hydrogens is 460 g/mol. The molecule has 2 aliphatic rings. The molecule has 34 heavy (non-hydrogen) atoms. The number of alkyl halides is 6. The van der Waals surface area contributed by atoms with Gasteiger partial charge in [-0.2, -0.15) is 31.6 Å². The van der Waals surface area contributed by atoms with Crippen LogP contribution in [0.5, 0.6) is 0 Å². The zero-order chi connectivity index (χ0) is 25.1. The van der Waals surface area contributed by atoms with Crippen LogP contribution in [0, 0.1) is 29.1 Å². The van der Waals surface area contributed by atoms with Gasteiger partial charge in [-0.05, 0) is 73.4 Å². The fourth-order valence-corrected chi connectivity index (χ4v) is 4.89. The number of carbonyl (C=O) groups excluding carboxylic acids is 1. The zero-order valence-corrected chi connectivity index (χ0v) is 18.6. The lowest BCUT2D eigenvalue weighted by molar-refractivity contribution is -0.143. The van der Waals surface area contributed by atoms with Crippen LogP contribution >= 0.6 is 0 Å². The standard InChI is InChI=1S/C24H27F6N3O/c25-23(26,27)19-11-18(12-20(13-19)24(28,29)30)16-6-9-33(10-7-16)8-5-15-1-3-17(4-2-15)21(14-31)22(32)34/h6,11-13,15,17,21H,1-5,7-10H2,(H2,32,34). The molecule has 10 heteroatoms. The second-order valence-electron chi connectivity index (χ2n) is 9.15. The fraction of sp³-hybridized carbons (Fsp3) is 0.583. The van der Waals surface area contributed by atoms with Crippen molar-refractivity contribution < 1.29 is 31.1 Å². The Balaban J connectivity index is 1.57. The monoisotopic (exact) mass is 487 g/mol. The largest absolute Gasteiger partial charge is 0.416 e. The number of hydrogen-bond acceptors (Lipinski definition) is 3. The second kappa shape index (κ2) is 10.4. The van der Waals surface area contributed by atoms with Crippen LogP contribution < -0.4 is 5.73 Å². The van der Waals surface area contributed by atoms with Crippen molar-refractivity contribution in [3.8, 4) is 6.07 Å². The molecule has 0 aromatic heterocycles. The summed E-state index contributed by atoms with van der Waals surface area (Å²) < 4.78 is 78.8. The van der Waals surface area contributed by atoms with E-state index < -0.39 is 35.3 Å². The van der Waals surface area contributed by atoms with Gasteiger partial charge in [0.1, 0.15) is 5.92 Å². The first-order valence-electron chi connectivity index (χ1n) is 11.3. The number of rotatable bonds is 6. The normalized spacial score (nSPS) is 23.1. The smallest absolute Gasteiger partial charge is 0.369 e. The van der Waals surface area contributed by atoms with E-state index in [0.717, 1.165) is 50.8 Å². The molecule has 1 amide bonds. The number of nitriles is 1. The van der Waals surface area contributed by atoms with Crippen molar-refractivity contribution in [3.63, 3.8) is 0 Å². The summed E-state index contributed by atoms with van der Waals surface area (Å²) >= 11 is 0. The van der Waals surface area contributed by atoms with Crippen LogP contribution in [-0.4, -0.2) is 30.4 Å². The Kier molecular flexibility index (Phi) is 7.96. The van der Waals surface area contributed by atoms with Crippen molar-refractivity contribution in [3.05, 3.63) is 41.0 Å². The van der Waals surface area contributed by atoms with Crippen molar-refractivity contribution in [2.45, 2.75) is 50.9 Å². The highest BCUT2D eigenvalue weighted by molar-refractivity contribution is 5.79.